The maximum Gasteiger partial charge on any atom is 0.418 e. The van der Waals surface area contributed by atoms with Crippen molar-refractivity contribution in [3.05, 3.63) is 131 Å². The summed E-state index contributed by atoms with van der Waals surface area (Å²) < 4.78 is 76.1. The number of amides is 2. The number of ether oxygens (including phenoxy) is 8. The first kappa shape index (κ1) is 60.1. The third-order valence-electron chi connectivity index (χ3n) is 15.3. The molecule has 0 spiro atoms. The van der Waals surface area contributed by atoms with Crippen molar-refractivity contribution in [2.75, 3.05) is 78.9 Å². The third-order valence-corrected chi connectivity index (χ3v) is 15.3. The average molecular weight is 1110 g/mol. The Morgan fingerprint density at radius 3 is 1.16 bits per heavy atom. The standard InChI is InChI=1S/C62H80F2N4O12/c1-43(2)41-73-53-19-11-47(12-20-53)55(57(69)67(39-45-7-15-49(63)16-8-45)51-23-29-65(30-24-51)33-27-61(5)75-35-36-76-61)79-59(71)60(72)80-56(48-13-21-54(22-14-48)74-42-44(3)4)58(70)68(40-46-9-17-50(64)18-10-46)52-25-31-66(32-26-52)34-28-62(6)77-37-38-78-62/h7-22,43-44,51-52,55-56H,23-42H2,1-6H3. The second-order valence-electron chi connectivity index (χ2n) is 22.6. The molecular formula is C62H80F2N4O12. The monoisotopic (exact) mass is 1110 g/mol. The smallest absolute Gasteiger partial charge is 0.418 e. The molecule has 0 N–H and O–H groups in total. The summed E-state index contributed by atoms with van der Waals surface area (Å²) in [5, 5.41) is 0. The lowest BCUT2D eigenvalue weighted by Crippen LogP contribution is -2.50. The molecule has 0 radical (unpaired) electrons. The van der Waals surface area contributed by atoms with Gasteiger partial charge in [-0.15, -0.1) is 0 Å². The third kappa shape index (κ3) is 17.0. The minimum Gasteiger partial charge on any atom is -0.493 e. The maximum atomic E-state index is 15.4. The fourth-order valence-electron chi connectivity index (χ4n) is 10.5. The van der Waals surface area contributed by atoms with Gasteiger partial charge in [0, 0.05) is 88.4 Å². The predicted molar refractivity (Wildman–Crippen MR) is 294 cm³/mol. The first-order chi connectivity index (χ1) is 38.4. The topological polar surface area (TPSA) is 155 Å². The highest BCUT2D eigenvalue weighted by Crippen LogP contribution is 2.33. The van der Waals surface area contributed by atoms with Gasteiger partial charge in [-0.2, -0.15) is 0 Å². The summed E-state index contributed by atoms with van der Waals surface area (Å²) in [4.78, 5) is 67.8. The molecule has 18 heteroatoms. The molecule has 4 aliphatic rings. The lowest BCUT2D eigenvalue weighted by atomic mass is 9.99. The van der Waals surface area contributed by atoms with E-state index < -0.39 is 59.2 Å². The van der Waals surface area contributed by atoms with Crippen molar-refractivity contribution >= 4 is 23.8 Å². The zero-order valence-electron chi connectivity index (χ0n) is 47.3. The molecule has 80 heavy (non-hydrogen) atoms. The Hall–Kier alpha value is -6.02. The summed E-state index contributed by atoms with van der Waals surface area (Å²) in [5.41, 5.74) is 1.82. The Kier molecular flexibility index (Phi) is 21.1. The molecule has 4 heterocycles. The number of nitrogens with zero attached hydrogens (tertiary/aromatic N) is 4. The second-order valence-corrected chi connectivity index (χ2v) is 22.6. The summed E-state index contributed by atoms with van der Waals surface area (Å²) in [7, 11) is 0. The highest BCUT2D eigenvalue weighted by atomic mass is 19.1. The van der Waals surface area contributed by atoms with E-state index in [2.05, 4.69) is 9.80 Å². The number of esters is 2. The molecule has 2 unspecified atom stereocenters. The van der Waals surface area contributed by atoms with Crippen molar-refractivity contribution in [3.8, 4) is 11.5 Å². The lowest BCUT2D eigenvalue weighted by molar-refractivity contribution is -0.181. The van der Waals surface area contributed by atoms with Crippen LogP contribution in [0.15, 0.2) is 97.1 Å². The van der Waals surface area contributed by atoms with Crippen LogP contribution >= 0.6 is 0 Å². The molecule has 4 aromatic rings. The van der Waals surface area contributed by atoms with E-state index in [9.17, 15) is 18.4 Å². The molecule has 4 aliphatic heterocycles. The fourth-order valence-corrected chi connectivity index (χ4v) is 10.5. The summed E-state index contributed by atoms with van der Waals surface area (Å²) in [6.45, 7) is 19.1. The van der Waals surface area contributed by atoms with Crippen LogP contribution in [0.4, 0.5) is 8.78 Å². The Labute approximate surface area is 469 Å². The number of carbonyl (C=O) groups is 4. The van der Waals surface area contributed by atoms with Crippen LogP contribution in [0.1, 0.15) is 115 Å². The van der Waals surface area contributed by atoms with E-state index in [0.29, 0.717) is 127 Å². The first-order valence-electron chi connectivity index (χ1n) is 28.4. The van der Waals surface area contributed by atoms with Crippen molar-refractivity contribution in [1.29, 1.82) is 0 Å². The summed E-state index contributed by atoms with van der Waals surface area (Å²) in [5.74, 6) is -4.88. The lowest BCUT2D eigenvalue weighted by Gasteiger charge is -2.40. The van der Waals surface area contributed by atoms with Gasteiger partial charge >= 0.3 is 11.9 Å². The van der Waals surface area contributed by atoms with E-state index in [1.165, 1.54) is 24.3 Å². The number of benzene rings is 4. The van der Waals surface area contributed by atoms with E-state index in [4.69, 9.17) is 37.9 Å². The highest BCUT2D eigenvalue weighted by molar-refractivity contribution is 6.30. The largest absolute Gasteiger partial charge is 0.493 e. The Bertz CT molecular complexity index is 2430. The molecule has 4 aromatic carbocycles. The Morgan fingerprint density at radius 2 is 0.850 bits per heavy atom. The van der Waals surface area contributed by atoms with Crippen LogP contribution in [0, 0.1) is 23.5 Å². The van der Waals surface area contributed by atoms with Gasteiger partial charge < -0.3 is 57.5 Å². The van der Waals surface area contributed by atoms with Gasteiger partial charge in [0.15, 0.2) is 11.6 Å². The van der Waals surface area contributed by atoms with E-state index in [1.54, 1.807) is 82.6 Å². The number of hydrogen-bond donors (Lipinski definition) is 0. The van der Waals surface area contributed by atoms with Crippen molar-refractivity contribution in [2.24, 2.45) is 11.8 Å². The molecule has 0 saturated carbocycles. The average Bonchev–Trinajstić information content (AvgIpc) is 4.11. The minimum absolute atomic E-state index is 0.0517. The molecule has 0 bridgehead atoms. The molecule has 0 aliphatic carbocycles. The number of hydrogen-bond acceptors (Lipinski definition) is 14. The van der Waals surface area contributed by atoms with E-state index in [-0.39, 0.29) is 48.1 Å². The number of piperidine rings is 2. The van der Waals surface area contributed by atoms with Crippen LogP contribution in [0.25, 0.3) is 0 Å². The SMILES string of the molecule is CC(C)COc1ccc(C(OC(=O)C(=O)OC(C(=O)N(Cc2ccc(F)cc2)C2CCN(CCC3(C)OCCO3)CC2)c2ccc(OCC(C)C)cc2)C(=O)N(Cc2ccc(F)cc2)C2CCN(CCC3(C)OCCO3)CC2)cc1. The van der Waals surface area contributed by atoms with Crippen LogP contribution in [0.3, 0.4) is 0 Å². The van der Waals surface area contributed by atoms with Gasteiger partial charge in [0.05, 0.1) is 39.6 Å². The molecule has 2 atom stereocenters. The number of carbonyl (C=O) groups excluding carboxylic acids is 4. The van der Waals surface area contributed by atoms with Crippen molar-refractivity contribution in [2.45, 2.75) is 129 Å². The van der Waals surface area contributed by atoms with Crippen LogP contribution in [-0.4, -0.2) is 146 Å². The Morgan fingerprint density at radius 1 is 0.525 bits per heavy atom. The summed E-state index contributed by atoms with van der Waals surface area (Å²) in [6.07, 6.45) is 0.287. The highest BCUT2D eigenvalue weighted by Gasteiger charge is 2.41. The number of rotatable bonds is 24. The molecule has 2 amide bonds. The van der Waals surface area contributed by atoms with Crippen LogP contribution in [0.5, 0.6) is 11.5 Å². The number of halogens is 2. The zero-order chi connectivity index (χ0) is 56.8. The molecule has 8 rings (SSSR count). The maximum absolute atomic E-state index is 15.4. The number of likely N-dealkylation sites (tertiary alicyclic amines) is 2. The predicted octanol–water partition coefficient (Wildman–Crippen LogP) is 9.20. The molecule has 16 nitrogen and oxygen atoms in total. The second kappa shape index (κ2) is 28.1. The van der Waals surface area contributed by atoms with Crippen LogP contribution in [-0.2, 0) is 60.7 Å². The van der Waals surface area contributed by atoms with Crippen molar-refractivity contribution < 1.29 is 65.9 Å². The van der Waals surface area contributed by atoms with Gasteiger partial charge in [-0.3, -0.25) is 9.59 Å². The molecule has 434 valence electrons. The molecular weight excluding hydrogens is 1030 g/mol. The minimum atomic E-state index is -1.66. The van der Waals surface area contributed by atoms with Gasteiger partial charge in [0.25, 0.3) is 11.8 Å². The van der Waals surface area contributed by atoms with Crippen LogP contribution in [0.2, 0.25) is 0 Å². The first-order valence-corrected chi connectivity index (χ1v) is 28.4. The van der Waals surface area contributed by atoms with Gasteiger partial charge in [-0.25, -0.2) is 18.4 Å². The summed E-state index contributed by atoms with van der Waals surface area (Å²) in [6, 6.07) is 24.2. The molecule has 4 saturated heterocycles. The zero-order valence-corrected chi connectivity index (χ0v) is 47.3. The molecule has 4 fully saturated rings. The fraction of sp³-hybridized carbons (Fsp3) is 0.548. The normalized spacial score (nSPS) is 18.7. The van der Waals surface area contributed by atoms with Crippen molar-refractivity contribution in [3.63, 3.8) is 0 Å². The molecule has 0 aromatic heterocycles. The quantitative estimate of drug-likeness (QED) is 0.0484. The van der Waals surface area contributed by atoms with Crippen LogP contribution < -0.4 is 9.47 Å². The van der Waals surface area contributed by atoms with Gasteiger partial charge in [0.1, 0.15) is 23.1 Å². The Balaban J connectivity index is 1.07. The van der Waals surface area contributed by atoms with Gasteiger partial charge in [-0.1, -0.05) is 76.2 Å². The van der Waals surface area contributed by atoms with E-state index in [0.717, 1.165) is 13.1 Å². The van der Waals surface area contributed by atoms with Crippen molar-refractivity contribution in [1.82, 2.24) is 19.6 Å². The van der Waals surface area contributed by atoms with E-state index in [1.807, 2.05) is 41.5 Å². The van der Waals surface area contributed by atoms with Gasteiger partial charge in [0.2, 0.25) is 12.2 Å². The van der Waals surface area contributed by atoms with E-state index >= 15 is 9.59 Å². The summed E-state index contributed by atoms with van der Waals surface area (Å²) >= 11 is 0. The van der Waals surface area contributed by atoms with Gasteiger partial charge in [-0.05, 0) is 111 Å².